The Bertz CT molecular complexity index is 785. The number of carbonyl (C=O) groups excluding carboxylic acids is 3. The van der Waals surface area contributed by atoms with Crippen LogP contribution in [0, 0.1) is 17.2 Å². The SMILES string of the molecule is CC(=O)Nc1ccc([C@@H]2CCCN(C(=O)NC(CC(C)C)C(=O)NCC#N)C2)cc1. The molecule has 0 spiro atoms. The Morgan fingerprint density at radius 1 is 1.23 bits per heavy atom. The fourth-order valence-corrected chi connectivity index (χ4v) is 3.67. The number of benzene rings is 1. The molecule has 0 bridgehead atoms. The van der Waals surface area contributed by atoms with Crippen LogP contribution in [-0.4, -0.2) is 48.4 Å². The zero-order valence-electron chi connectivity index (χ0n) is 17.9. The molecule has 1 aromatic carbocycles. The number of piperidine rings is 1. The molecular formula is C22H31N5O3. The van der Waals surface area contributed by atoms with Crippen LogP contribution in [0.3, 0.4) is 0 Å². The maximum atomic E-state index is 12.8. The maximum absolute atomic E-state index is 12.8. The number of carbonyl (C=O) groups is 3. The molecule has 0 aromatic heterocycles. The standard InChI is InChI=1S/C22H31N5O3/c1-15(2)13-20(21(29)24-11-10-23)26-22(30)27-12-4-5-18(14-27)17-6-8-19(9-7-17)25-16(3)28/h6-9,15,18,20H,4-5,11-14H2,1-3H3,(H,24,29)(H,25,28)(H,26,30)/t18-,20?/m1/s1. The summed E-state index contributed by atoms with van der Waals surface area (Å²) >= 11 is 0. The van der Waals surface area contributed by atoms with Gasteiger partial charge in [0, 0.05) is 31.6 Å². The number of nitrogens with zero attached hydrogens (tertiary/aromatic N) is 2. The Hall–Kier alpha value is -3.08. The summed E-state index contributed by atoms with van der Waals surface area (Å²) in [5, 5.41) is 16.8. The number of hydrogen-bond acceptors (Lipinski definition) is 4. The lowest BCUT2D eigenvalue weighted by molar-refractivity contribution is -0.123. The molecule has 1 heterocycles. The number of likely N-dealkylation sites (tertiary alicyclic amines) is 1. The van der Waals surface area contributed by atoms with E-state index in [1.54, 1.807) is 4.90 Å². The minimum Gasteiger partial charge on any atom is -0.341 e. The predicted octanol–water partition coefficient (Wildman–Crippen LogP) is 2.59. The molecule has 0 radical (unpaired) electrons. The fourth-order valence-electron chi connectivity index (χ4n) is 3.67. The Labute approximate surface area is 178 Å². The van der Waals surface area contributed by atoms with Crippen molar-refractivity contribution in [3.8, 4) is 6.07 Å². The van der Waals surface area contributed by atoms with E-state index in [-0.39, 0.29) is 36.2 Å². The molecule has 2 rings (SSSR count). The summed E-state index contributed by atoms with van der Waals surface area (Å²) in [6.07, 6.45) is 2.35. The van der Waals surface area contributed by atoms with Gasteiger partial charge in [0.15, 0.2) is 0 Å². The number of anilines is 1. The smallest absolute Gasteiger partial charge is 0.318 e. The molecule has 1 unspecified atom stereocenters. The van der Waals surface area contributed by atoms with Crippen molar-refractivity contribution in [2.45, 2.75) is 52.0 Å². The lowest BCUT2D eigenvalue weighted by atomic mass is 9.90. The Morgan fingerprint density at radius 3 is 2.53 bits per heavy atom. The van der Waals surface area contributed by atoms with Crippen LogP contribution in [0.4, 0.5) is 10.5 Å². The van der Waals surface area contributed by atoms with Gasteiger partial charge in [0.25, 0.3) is 0 Å². The minimum absolute atomic E-state index is 0.0798. The number of nitrogens with one attached hydrogen (secondary N) is 3. The highest BCUT2D eigenvalue weighted by molar-refractivity contribution is 5.88. The van der Waals surface area contributed by atoms with Gasteiger partial charge in [-0.1, -0.05) is 26.0 Å². The van der Waals surface area contributed by atoms with Gasteiger partial charge in [0.2, 0.25) is 11.8 Å². The topological polar surface area (TPSA) is 114 Å². The van der Waals surface area contributed by atoms with Gasteiger partial charge >= 0.3 is 6.03 Å². The molecule has 1 saturated heterocycles. The summed E-state index contributed by atoms with van der Waals surface area (Å²) in [5.41, 5.74) is 1.86. The van der Waals surface area contributed by atoms with Gasteiger partial charge in [-0.15, -0.1) is 0 Å². The van der Waals surface area contributed by atoms with Gasteiger partial charge < -0.3 is 20.9 Å². The number of urea groups is 1. The normalized spacial score (nSPS) is 17.0. The van der Waals surface area contributed by atoms with Crippen molar-refractivity contribution in [3.63, 3.8) is 0 Å². The molecule has 1 aliphatic heterocycles. The number of rotatable bonds is 7. The molecule has 8 nitrogen and oxygen atoms in total. The van der Waals surface area contributed by atoms with E-state index in [2.05, 4.69) is 16.0 Å². The summed E-state index contributed by atoms with van der Waals surface area (Å²) in [5.74, 6) is -0.0232. The Morgan fingerprint density at radius 2 is 1.93 bits per heavy atom. The molecule has 8 heteroatoms. The van der Waals surface area contributed by atoms with Crippen LogP contribution in [0.1, 0.15) is 51.5 Å². The predicted molar refractivity (Wildman–Crippen MR) is 115 cm³/mol. The third-order valence-corrected chi connectivity index (χ3v) is 5.07. The molecule has 3 N–H and O–H groups in total. The zero-order chi connectivity index (χ0) is 22.1. The summed E-state index contributed by atoms with van der Waals surface area (Å²) in [6, 6.07) is 8.66. The van der Waals surface area contributed by atoms with Crippen molar-refractivity contribution in [3.05, 3.63) is 29.8 Å². The van der Waals surface area contributed by atoms with Crippen molar-refractivity contribution in [2.75, 3.05) is 25.0 Å². The summed E-state index contributed by atoms with van der Waals surface area (Å²) in [7, 11) is 0. The average molecular weight is 414 g/mol. The van der Waals surface area contributed by atoms with E-state index in [4.69, 9.17) is 5.26 Å². The Kier molecular flexibility index (Phi) is 8.66. The highest BCUT2D eigenvalue weighted by Gasteiger charge is 2.28. The van der Waals surface area contributed by atoms with Gasteiger partial charge in [0.1, 0.15) is 12.6 Å². The minimum atomic E-state index is -0.664. The maximum Gasteiger partial charge on any atom is 0.318 e. The van der Waals surface area contributed by atoms with E-state index in [0.29, 0.717) is 19.5 Å². The first-order chi connectivity index (χ1) is 14.3. The van der Waals surface area contributed by atoms with Gasteiger partial charge in [-0.25, -0.2) is 4.79 Å². The van der Waals surface area contributed by atoms with Crippen LogP contribution < -0.4 is 16.0 Å². The van der Waals surface area contributed by atoms with Crippen LogP contribution in [0.5, 0.6) is 0 Å². The van der Waals surface area contributed by atoms with Crippen molar-refractivity contribution >= 4 is 23.5 Å². The van der Waals surface area contributed by atoms with Crippen molar-refractivity contribution in [1.82, 2.24) is 15.5 Å². The van der Waals surface area contributed by atoms with Crippen molar-refractivity contribution in [2.24, 2.45) is 5.92 Å². The van der Waals surface area contributed by atoms with E-state index < -0.39 is 6.04 Å². The molecular weight excluding hydrogens is 382 g/mol. The highest BCUT2D eigenvalue weighted by atomic mass is 16.2. The first kappa shape index (κ1) is 23.2. The molecule has 0 saturated carbocycles. The summed E-state index contributed by atoms with van der Waals surface area (Å²) in [4.78, 5) is 38.1. The molecule has 4 amide bonds. The number of nitriles is 1. The molecule has 1 fully saturated rings. The average Bonchev–Trinajstić information content (AvgIpc) is 2.71. The van der Waals surface area contributed by atoms with Crippen LogP contribution in [0.15, 0.2) is 24.3 Å². The number of amides is 4. The first-order valence-corrected chi connectivity index (χ1v) is 10.4. The second kappa shape index (κ2) is 11.2. The molecule has 2 atom stereocenters. The van der Waals surface area contributed by atoms with Gasteiger partial charge in [-0.2, -0.15) is 5.26 Å². The Balaban J connectivity index is 2.00. The second-order valence-electron chi connectivity index (χ2n) is 8.10. The monoisotopic (exact) mass is 413 g/mol. The van der Waals surface area contributed by atoms with Crippen LogP contribution in [0.2, 0.25) is 0 Å². The first-order valence-electron chi connectivity index (χ1n) is 10.4. The molecule has 162 valence electrons. The van der Waals surface area contributed by atoms with E-state index in [9.17, 15) is 14.4 Å². The van der Waals surface area contributed by atoms with Gasteiger partial charge in [0.05, 0.1) is 6.07 Å². The third-order valence-electron chi connectivity index (χ3n) is 5.07. The van der Waals surface area contributed by atoms with E-state index >= 15 is 0 Å². The highest BCUT2D eigenvalue weighted by Crippen LogP contribution is 2.28. The molecule has 1 aromatic rings. The molecule has 30 heavy (non-hydrogen) atoms. The van der Waals surface area contributed by atoms with E-state index in [0.717, 1.165) is 24.1 Å². The largest absolute Gasteiger partial charge is 0.341 e. The zero-order valence-corrected chi connectivity index (χ0v) is 17.9. The third kappa shape index (κ3) is 7.07. The van der Waals surface area contributed by atoms with Crippen molar-refractivity contribution in [1.29, 1.82) is 5.26 Å². The second-order valence-corrected chi connectivity index (χ2v) is 8.10. The van der Waals surface area contributed by atoms with E-state index in [1.807, 2.05) is 44.2 Å². The summed E-state index contributed by atoms with van der Waals surface area (Å²) < 4.78 is 0. The molecule has 1 aliphatic rings. The lowest BCUT2D eigenvalue weighted by Gasteiger charge is -2.34. The van der Waals surface area contributed by atoms with Gasteiger partial charge in [-0.05, 0) is 42.9 Å². The summed E-state index contributed by atoms with van der Waals surface area (Å²) in [6.45, 7) is 6.57. The van der Waals surface area contributed by atoms with Crippen LogP contribution >= 0.6 is 0 Å². The molecule has 0 aliphatic carbocycles. The van der Waals surface area contributed by atoms with Crippen LogP contribution in [-0.2, 0) is 9.59 Å². The van der Waals surface area contributed by atoms with Crippen molar-refractivity contribution < 1.29 is 14.4 Å². The fraction of sp³-hybridized carbons (Fsp3) is 0.545. The van der Waals surface area contributed by atoms with Crippen LogP contribution in [0.25, 0.3) is 0 Å². The van der Waals surface area contributed by atoms with E-state index in [1.165, 1.54) is 6.92 Å². The van der Waals surface area contributed by atoms with Gasteiger partial charge in [-0.3, -0.25) is 9.59 Å². The number of hydrogen-bond donors (Lipinski definition) is 3. The lowest BCUT2D eigenvalue weighted by Crippen LogP contribution is -2.53. The quantitative estimate of drug-likeness (QED) is 0.596.